The van der Waals surface area contributed by atoms with Crippen LogP contribution in [0.15, 0.2) is 87.7 Å². The smallest absolute Gasteiger partial charge is 0.138 e. The largest absolute Gasteiger partial charge is 0.378 e. The summed E-state index contributed by atoms with van der Waals surface area (Å²) in [5, 5.41) is 10.1. The van der Waals surface area contributed by atoms with Crippen LogP contribution in [0.2, 0.25) is 5.15 Å². The molecule has 3 aromatic rings. The first kappa shape index (κ1) is 21.6. The molecule has 0 bridgehead atoms. The molecule has 1 saturated heterocycles. The van der Waals surface area contributed by atoms with Gasteiger partial charge in [-0.05, 0) is 47.8 Å². The highest BCUT2D eigenvalue weighted by molar-refractivity contribution is 6.32. The Morgan fingerprint density at radius 2 is 1.67 bits per heavy atom. The van der Waals surface area contributed by atoms with Gasteiger partial charge in [0.1, 0.15) is 5.15 Å². The van der Waals surface area contributed by atoms with Crippen LogP contribution in [0.1, 0.15) is 24.0 Å². The lowest BCUT2D eigenvalue weighted by Gasteiger charge is -2.31. The highest BCUT2D eigenvalue weighted by atomic mass is 35.5. The quantitative estimate of drug-likeness (QED) is 0.279. The number of allylic oxidation sites excluding steroid dienone is 2. The number of hydrogen-bond acceptors (Lipinski definition) is 5. The van der Waals surface area contributed by atoms with Gasteiger partial charge in [-0.1, -0.05) is 60.1 Å². The maximum atomic E-state index is 6.34. The Labute approximate surface area is 198 Å². The minimum absolute atomic E-state index is 0.426. The molecule has 5 rings (SSSR count). The van der Waals surface area contributed by atoms with Crippen LogP contribution in [0.4, 0.5) is 0 Å². The summed E-state index contributed by atoms with van der Waals surface area (Å²) in [6.45, 7) is 3.27. The highest BCUT2D eigenvalue weighted by Gasteiger charge is 2.25. The highest BCUT2D eigenvalue weighted by Crippen LogP contribution is 2.35. The van der Waals surface area contributed by atoms with Crippen LogP contribution < -0.4 is 0 Å². The molecule has 0 radical (unpaired) electrons. The van der Waals surface area contributed by atoms with Crippen LogP contribution in [0, 0.1) is 0 Å². The molecule has 33 heavy (non-hydrogen) atoms. The van der Waals surface area contributed by atoms with E-state index in [4.69, 9.17) is 16.3 Å². The van der Waals surface area contributed by atoms with Gasteiger partial charge in [0.15, 0.2) is 0 Å². The van der Waals surface area contributed by atoms with E-state index in [2.05, 4.69) is 50.4 Å². The third-order valence-corrected chi connectivity index (χ3v) is 6.22. The zero-order valence-corrected chi connectivity index (χ0v) is 19.1. The van der Waals surface area contributed by atoms with Gasteiger partial charge in [0.05, 0.1) is 31.2 Å². The molecule has 0 spiro atoms. The fraction of sp³-hybridized carbons (Fsp3) is 0.222. The van der Waals surface area contributed by atoms with Crippen LogP contribution in [0.25, 0.3) is 17.0 Å². The second kappa shape index (κ2) is 10.1. The normalized spacial score (nSPS) is 18.5. The molecular formula is C27H25ClN4O. The average molecular weight is 457 g/mol. The number of halogens is 1. The Hall–Kier alpha value is -3.28. The van der Waals surface area contributed by atoms with Crippen molar-refractivity contribution >= 4 is 41.0 Å². The number of pyridine rings is 1. The molecule has 0 amide bonds. The third kappa shape index (κ3) is 5.05. The maximum Gasteiger partial charge on any atom is 0.138 e. The molecule has 0 unspecified atom stereocenters. The van der Waals surface area contributed by atoms with Crippen LogP contribution in [0.5, 0.6) is 0 Å². The average Bonchev–Trinajstić information content (AvgIpc) is 3.25. The molecule has 166 valence electrons. The van der Waals surface area contributed by atoms with E-state index in [9.17, 15) is 0 Å². The van der Waals surface area contributed by atoms with Crippen molar-refractivity contribution in [2.75, 3.05) is 26.3 Å². The van der Waals surface area contributed by atoms with E-state index in [1.165, 1.54) is 22.4 Å². The van der Waals surface area contributed by atoms with Crippen molar-refractivity contribution in [2.45, 2.75) is 12.8 Å². The Balaban J connectivity index is 1.41. The minimum Gasteiger partial charge on any atom is -0.378 e. The fourth-order valence-corrected chi connectivity index (χ4v) is 4.51. The number of morpholine rings is 1. The summed E-state index contributed by atoms with van der Waals surface area (Å²) in [6.07, 6.45) is 7.78. The Kier molecular flexibility index (Phi) is 6.61. The number of hydrogen-bond donors (Lipinski definition) is 0. The minimum atomic E-state index is 0.426. The first-order valence-corrected chi connectivity index (χ1v) is 11.6. The molecule has 5 nitrogen and oxygen atoms in total. The van der Waals surface area contributed by atoms with Crippen LogP contribution in [0.3, 0.4) is 0 Å². The molecule has 0 N–H and O–H groups in total. The molecule has 2 heterocycles. The van der Waals surface area contributed by atoms with Gasteiger partial charge in [-0.3, -0.25) is 0 Å². The van der Waals surface area contributed by atoms with Crippen molar-refractivity contribution in [1.29, 1.82) is 0 Å². The summed E-state index contributed by atoms with van der Waals surface area (Å²) in [6, 6.07) is 20.3. The Morgan fingerprint density at radius 3 is 2.52 bits per heavy atom. The number of fused-ring (bicyclic) bond motifs is 1. The molecule has 1 aromatic heterocycles. The predicted molar refractivity (Wildman–Crippen MR) is 136 cm³/mol. The first-order valence-electron chi connectivity index (χ1n) is 11.2. The van der Waals surface area contributed by atoms with E-state index in [-0.39, 0.29) is 0 Å². The number of para-hydroxylation sites is 1. The van der Waals surface area contributed by atoms with E-state index in [0.717, 1.165) is 55.6 Å². The second-order valence-electron chi connectivity index (χ2n) is 8.10. The van der Waals surface area contributed by atoms with Gasteiger partial charge in [0, 0.05) is 29.7 Å². The summed E-state index contributed by atoms with van der Waals surface area (Å²) in [4.78, 5) is 6.86. The van der Waals surface area contributed by atoms with E-state index < -0.39 is 0 Å². The lowest BCUT2D eigenvalue weighted by Crippen LogP contribution is -2.36. The topological polar surface area (TPSA) is 50.1 Å². The monoisotopic (exact) mass is 456 g/mol. The first-order chi connectivity index (χ1) is 16.3. The zero-order valence-electron chi connectivity index (χ0n) is 18.3. The lowest BCUT2D eigenvalue weighted by atomic mass is 10.1. The second-order valence-corrected chi connectivity index (χ2v) is 8.46. The Morgan fingerprint density at radius 1 is 0.909 bits per heavy atom. The number of aromatic nitrogens is 1. The number of benzene rings is 2. The molecule has 0 saturated carbocycles. The molecule has 2 aliphatic rings. The lowest BCUT2D eigenvalue weighted by molar-refractivity contribution is 0.0548. The third-order valence-electron chi connectivity index (χ3n) is 5.92. The van der Waals surface area contributed by atoms with Crippen molar-refractivity contribution in [3.63, 3.8) is 0 Å². The molecule has 1 aliphatic heterocycles. The van der Waals surface area contributed by atoms with Crippen molar-refractivity contribution in [3.8, 4) is 0 Å². The molecular weight excluding hydrogens is 432 g/mol. The van der Waals surface area contributed by atoms with Crippen LogP contribution in [-0.4, -0.2) is 48.6 Å². The molecule has 1 fully saturated rings. The van der Waals surface area contributed by atoms with Gasteiger partial charge >= 0.3 is 0 Å². The summed E-state index contributed by atoms with van der Waals surface area (Å²) in [5.41, 5.74) is 6.66. The number of ether oxygens (including phenoxy) is 1. The van der Waals surface area contributed by atoms with Gasteiger partial charge in [-0.2, -0.15) is 10.2 Å². The van der Waals surface area contributed by atoms with Crippen LogP contribution in [-0.2, 0) is 4.74 Å². The van der Waals surface area contributed by atoms with Crippen molar-refractivity contribution in [1.82, 2.24) is 9.88 Å². The molecule has 2 aromatic carbocycles. The summed E-state index contributed by atoms with van der Waals surface area (Å²) >= 11 is 6.34. The molecule has 6 heteroatoms. The van der Waals surface area contributed by atoms with Crippen molar-refractivity contribution < 1.29 is 4.74 Å². The summed E-state index contributed by atoms with van der Waals surface area (Å²) < 4.78 is 5.58. The fourth-order valence-electron chi connectivity index (χ4n) is 4.32. The molecule has 1 aliphatic carbocycles. The van der Waals surface area contributed by atoms with Crippen molar-refractivity contribution in [2.24, 2.45) is 10.2 Å². The summed E-state index contributed by atoms with van der Waals surface area (Å²) in [7, 11) is 0. The standard InChI is InChI=1S/C27H25ClN4O/c28-27-24(17-21-8-4-5-9-25(21)31-27)19-30-29-18-23-11-10-22(16-20-6-2-1-3-7-20)26(23)32-12-14-33-15-13-32/h1-9,16-19H,10-15H2/b22-16+,29-18-,30-19-. The molecule has 0 atom stereocenters. The number of rotatable bonds is 5. The maximum absolute atomic E-state index is 6.34. The van der Waals surface area contributed by atoms with Gasteiger partial charge in [0.2, 0.25) is 0 Å². The van der Waals surface area contributed by atoms with Gasteiger partial charge in [-0.25, -0.2) is 4.98 Å². The van der Waals surface area contributed by atoms with Crippen LogP contribution >= 0.6 is 11.6 Å². The van der Waals surface area contributed by atoms with Gasteiger partial charge in [0.25, 0.3) is 0 Å². The summed E-state index contributed by atoms with van der Waals surface area (Å²) in [5.74, 6) is 0. The SMILES string of the molecule is Clc1nc2ccccc2cc1/C=N\N=C/C1=C(N2CCOCC2)C(=C/c2ccccc2)/CC1. The van der Waals surface area contributed by atoms with Gasteiger partial charge < -0.3 is 9.64 Å². The number of nitrogens with zero attached hydrogens (tertiary/aromatic N) is 4. The van der Waals surface area contributed by atoms with E-state index >= 15 is 0 Å². The van der Waals surface area contributed by atoms with E-state index in [1.807, 2.05) is 42.6 Å². The van der Waals surface area contributed by atoms with E-state index in [0.29, 0.717) is 5.15 Å². The van der Waals surface area contributed by atoms with Gasteiger partial charge in [-0.15, -0.1) is 0 Å². The van der Waals surface area contributed by atoms with Crippen molar-refractivity contribution in [3.05, 3.63) is 93.8 Å². The predicted octanol–water partition coefficient (Wildman–Crippen LogP) is 5.76. The van der Waals surface area contributed by atoms with E-state index in [1.54, 1.807) is 6.21 Å². The Bertz CT molecular complexity index is 1260. The zero-order chi connectivity index (χ0) is 22.5.